The SMILES string of the molecule is CC(CBr)C(C)NS(=O)(=O)C1CCCC1. The summed E-state index contributed by atoms with van der Waals surface area (Å²) in [6.45, 7) is 3.97. The van der Waals surface area contributed by atoms with E-state index in [-0.39, 0.29) is 11.3 Å². The standard InChI is InChI=1S/C10H20BrNO2S/c1-8(7-11)9(2)12-15(13,14)10-5-3-4-6-10/h8-10,12H,3-7H2,1-2H3. The summed E-state index contributed by atoms with van der Waals surface area (Å²) in [6, 6.07) is 0.00924. The highest BCUT2D eigenvalue weighted by molar-refractivity contribution is 9.09. The zero-order valence-electron chi connectivity index (χ0n) is 9.37. The molecule has 0 aliphatic heterocycles. The van der Waals surface area contributed by atoms with Crippen LogP contribution in [0.2, 0.25) is 0 Å². The first-order chi connectivity index (χ1) is 6.97. The summed E-state index contributed by atoms with van der Waals surface area (Å²) < 4.78 is 26.7. The van der Waals surface area contributed by atoms with E-state index in [2.05, 4.69) is 20.7 Å². The molecule has 0 aromatic carbocycles. The molecular formula is C10H20BrNO2S. The molecule has 0 radical (unpaired) electrons. The minimum Gasteiger partial charge on any atom is -0.212 e. The van der Waals surface area contributed by atoms with Gasteiger partial charge in [-0.05, 0) is 25.7 Å². The van der Waals surface area contributed by atoms with Gasteiger partial charge in [0.2, 0.25) is 10.0 Å². The van der Waals surface area contributed by atoms with Gasteiger partial charge in [0.15, 0.2) is 0 Å². The molecule has 0 bridgehead atoms. The van der Waals surface area contributed by atoms with Crippen LogP contribution in [0.5, 0.6) is 0 Å². The van der Waals surface area contributed by atoms with E-state index in [1.165, 1.54) is 0 Å². The molecular weight excluding hydrogens is 278 g/mol. The van der Waals surface area contributed by atoms with Crippen molar-refractivity contribution in [3.8, 4) is 0 Å². The topological polar surface area (TPSA) is 46.2 Å². The summed E-state index contributed by atoms with van der Waals surface area (Å²) in [5.74, 6) is 0.321. The highest BCUT2D eigenvalue weighted by atomic mass is 79.9. The van der Waals surface area contributed by atoms with E-state index in [4.69, 9.17) is 0 Å². The van der Waals surface area contributed by atoms with Crippen LogP contribution in [0, 0.1) is 5.92 Å². The van der Waals surface area contributed by atoms with Crippen LogP contribution in [-0.2, 0) is 10.0 Å². The third-order valence-corrected chi connectivity index (χ3v) is 6.26. The monoisotopic (exact) mass is 297 g/mol. The third kappa shape index (κ3) is 3.71. The van der Waals surface area contributed by atoms with Crippen molar-refractivity contribution in [1.82, 2.24) is 4.72 Å². The van der Waals surface area contributed by atoms with Crippen LogP contribution in [0.3, 0.4) is 0 Å². The van der Waals surface area contributed by atoms with Crippen LogP contribution in [0.25, 0.3) is 0 Å². The molecule has 2 atom stereocenters. The number of halogens is 1. The van der Waals surface area contributed by atoms with Gasteiger partial charge in [0.05, 0.1) is 5.25 Å². The Morgan fingerprint density at radius 3 is 2.33 bits per heavy atom. The minimum absolute atomic E-state index is 0.00924. The fraction of sp³-hybridized carbons (Fsp3) is 1.00. The molecule has 2 unspecified atom stereocenters. The summed E-state index contributed by atoms with van der Waals surface area (Å²) in [5, 5.41) is 0.670. The maximum absolute atomic E-state index is 11.9. The minimum atomic E-state index is -3.09. The lowest BCUT2D eigenvalue weighted by molar-refractivity contribution is 0.478. The van der Waals surface area contributed by atoms with Gasteiger partial charge in [-0.2, -0.15) is 0 Å². The van der Waals surface area contributed by atoms with E-state index >= 15 is 0 Å². The van der Waals surface area contributed by atoms with Gasteiger partial charge in [0.25, 0.3) is 0 Å². The van der Waals surface area contributed by atoms with Crippen LogP contribution in [0.15, 0.2) is 0 Å². The Morgan fingerprint density at radius 2 is 1.87 bits per heavy atom. The highest BCUT2D eigenvalue weighted by Crippen LogP contribution is 2.24. The zero-order chi connectivity index (χ0) is 11.5. The lowest BCUT2D eigenvalue weighted by atomic mass is 10.1. The summed E-state index contributed by atoms with van der Waals surface area (Å²) in [5.41, 5.74) is 0. The van der Waals surface area contributed by atoms with E-state index < -0.39 is 10.0 Å². The van der Waals surface area contributed by atoms with Crippen LogP contribution < -0.4 is 4.72 Å². The Kier molecular flexibility index (Phi) is 5.06. The molecule has 15 heavy (non-hydrogen) atoms. The largest absolute Gasteiger partial charge is 0.214 e. The van der Waals surface area contributed by atoms with Gasteiger partial charge in [0, 0.05) is 11.4 Å². The van der Waals surface area contributed by atoms with Crippen molar-refractivity contribution >= 4 is 26.0 Å². The van der Waals surface area contributed by atoms with Gasteiger partial charge >= 0.3 is 0 Å². The fourth-order valence-corrected chi connectivity index (χ4v) is 4.26. The second-order valence-electron chi connectivity index (χ2n) is 4.49. The fourth-order valence-electron chi connectivity index (χ4n) is 1.80. The molecule has 0 spiro atoms. The van der Waals surface area contributed by atoms with E-state index in [0.717, 1.165) is 31.0 Å². The van der Waals surface area contributed by atoms with Crippen molar-refractivity contribution < 1.29 is 8.42 Å². The predicted octanol–water partition coefficient (Wildman–Crippen LogP) is 2.27. The quantitative estimate of drug-likeness (QED) is 0.791. The van der Waals surface area contributed by atoms with Crippen molar-refractivity contribution in [3.63, 3.8) is 0 Å². The number of nitrogens with one attached hydrogen (secondary N) is 1. The molecule has 1 N–H and O–H groups in total. The molecule has 5 heteroatoms. The molecule has 0 aromatic rings. The Labute approximate surface area is 101 Å². The molecule has 1 fully saturated rings. The Hall–Kier alpha value is 0.390. The molecule has 1 saturated carbocycles. The van der Waals surface area contributed by atoms with E-state index in [1.807, 2.05) is 13.8 Å². The molecule has 3 nitrogen and oxygen atoms in total. The van der Waals surface area contributed by atoms with Gasteiger partial charge in [0.1, 0.15) is 0 Å². The number of hydrogen-bond donors (Lipinski definition) is 1. The molecule has 1 aliphatic carbocycles. The summed E-state index contributed by atoms with van der Waals surface area (Å²) >= 11 is 3.37. The van der Waals surface area contributed by atoms with Gasteiger partial charge in [-0.3, -0.25) is 0 Å². The lowest BCUT2D eigenvalue weighted by Gasteiger charge is -2.21. The Balaban J connectivity index is 2.55. The van der Waals surface area contributed by atoms with Crippen molar-refractivity contribution in [2.75, 3.05) is 5.33 Å². The molecule has 1 aliphatic rings. The van der Waals surface area contributed by atoms with Crippen LogP contribution in [-0.4, -0.2) is 25.0 Å². The summed E-state index contributed by atoms with van der Waals surface area (Å²) in [7, 11) is -3.09. The second kappa shape index (κ2) is 5.64. The van der Waals surface area contributed by atoms with Crippen molar-refractivity contribution in [1.29, 1.82) is 0 Å². The summed E-state index contributed by atoms with van der Waals surface area (Å²) in [6.07, 6.45) is 3.75. The normalized spacial score (nSPS) is 22.9. The zero-order valence-corrected chi connectivity index (χ0v) is 11.8. The average molecular weight is 298 g/mol. The maximum atomic E-state index is 11.9. The van der Waals surface area contributed by atoms with Gasteiger partial charge in [-0.1, -0.05) is 35.7 Å². The molecule has 1 rings (SSSR count). The number of sulfonamides is 1. The van der Waals surface area contributed by atoms with E-state index in [0.29, 0.717) is 5.92 Å². The number of alkyl halides is 1. The summed E-state index contributed by atoms with van der Waals surface area (Å²) in [4.78, 5) is 0. The maximum Gasteiger partial charge on any atom is 0.214 e. The first kappa shape index (κ1) is 13.5. The van der Waals surface area contributed by atoms with Crippen molar-refractivity contribution in [2.45, 2.75) is 50.8 Å². The first-order valence-corrected chi connectivity index (χ1v) is 8.21. The second-order valence-corrected chi connectivity index (χ2v) is 7.13. The highest BCUT2D eigenvalue weighted by Gasteiger charge is 2.30. The van der Waals surface area contributed by atoms with Gasteiger partial charge in [-0.25, -0.2) is 13.1 Å². The molecule has 0 saturated heterocycles. The van der Waals surface area contributed by atoms with Crippen LogP contribution in [0.4, 0.5) is 0 Å². The molecule has 0 aromatic heterocycles. The number of rotatable bonds is 5. The number of hydrogen-bond acceptors (Lipinski definition) is 2. The smallest absolute Gasteiger partial charge is 0.212 e. The predicted molar refractivity (Wildman–Crippen MR) is 66.7 cm³/mol. The average Bonchev–Trinajstić information content (AvgIpc) is 2.69. The lowest BCUT2D eigenvalue weighted by Crippen LogP contribution is -2.42. The van der Waals surface area contributed by atoms with Crippen molar-refractivity contribution in [3.05, 3.63) is 0 Å². The Bertz CT molecular complexity index is 286. The molecule has 0 heterocycles. The third-order valence-electron chi connectivity index (χ3n) is 3.19. The first-order valence-electron chi connectivity index (χ1n) is 5.54. The molecule has 90 valence electrons. The van der Waals surface area contributed by atoms with Crippen molar-refractivity contribution in [2.24, 2.45) is 5.92 Å². The molecule has 0 amide bonds. The van der Waals surface area contributed by atoms with Gasteiger partial charge in [-0.15, -0.1) is 0 Å². The van der Waals surface area contributed by atoms with Crippen LogP contribution >= 0.6 is 15.9 Å². The van der Waals surface area contributed by atoms with E-state index in [9.17, 15) is 8.42 Å². The van der Waals surface area contributed by atoms with Crippen LogP contribution in [0.1, 0.15) is 39.5 Å². The van der Waals surface area contributed by atoms with Gasteiger partial charge < -0.3 is 0 Å². The Morgan fingerprint density at radius 1 is 1.33 bits per heavy atom. The van der Waals surface area contributed by atoms with E-state index in [1.54, 1.807) is 0 Å².